The van der Waals surface area contributed by atoms with Gasteiger partial charge < -0.3 is 5.11 Å². The van der Waals surface area contributed by atoms with E-state index in [1.807, 2.05) is 0 Å². The molecule has 1 aromatic carbocycles. The maximum absolute atomic E-state index is 12.4. The van der Waals surface area contributed by atoms with Gasteiger partial charge in [-0.1, -0.05) is 29.4 Å². The zero-order valence-electron chi connectivity index (χ0n) is 9.99. The van der Waals surface area contributed by atoms with Crippen molar-refractivity contribution < 1.29 is 18.3 Å². The van der Waals surface area contributed by atoms with Crippen LogP contribution in [0.4, 0.5) is 13.2 Å². The Balaban J connectivity index is 2.24. The molecule has 1 aromatic heterocycles. The van der Waals surface area contributed by atoms with Crippen LogP contribution < -0.4 is 0 Å². The molecule has 0 saturated carbocycles. The summed E-state index contributed by atoms with van der Waals surface area (Å²) in [5.41, 5.74) is -0.156. The van der Waals surface area contributed by atoms with Crippen molar-refractivity contribution in [2.45, 2.75) is 22.7 Å². The van der Waals surface area contributed by atoms with Gasteiger partial charge in [-0.25, -0.2) is 4.98 Å². The zero-order valence-corrected chi connectivity index (χ0v) is 11.6. The van der Waals surface area contributed by atoms with Crippen molar-refractivity contribution in [3.05, 3.63) is 52.7 Å². The average molecular weight is 320 g/mol. The Morgan fingerprint density at radius 3 is 2.50 bits per heavy atom. The molecule has 0 amide bonds. The van der Waals surface area contributed by atoms with Crippen LogP contribution in [0.3, 0.4) is 0 Å². The van der Waals surface area contributed by atoms with E-state index in [1.54, 1.807) is 18.2 Å². The Morgan fingerprint density at radius 1 is 1.20 bits per heavy atom. The summed E-state index contributed by atoms with van der Waals surface area (Å²) < 4.78 is 37.3. The molecule has 0 unspecified atom stereocenters. The molecule has 2 rings (SSSR count). The smallest absolute Gasteiger partial charge is 0.392 e. The van der Waals surface area contributed by atoms with Gasteiger partial charge in [-0.3, -0.25) is 0 Å². The van der Waals surface area contributed by atoms with Gasteiger partial charge >= 0.3 is 6.18 Å². The summed E-state index contributed by atoms with van der Waals surface area (Å²) in [6.45, 7) is -0.180. The van der Waals surface area contributed by atoms with Crippen LogP contribution in [0.25, 0.3) is 0 Å². The van der Waals surface area contributed by atoms with Gasteiger partial charge in [0.25, 0.3) is 0 Å². The van der Waals surface area contributed by atoms with E-state index in [4.69, 9.17) is 11.6 Å². The van der Waals surface area contributed by atoms with Gasteiger partial charge in [-0.2, -0.15) is 13.2 Å². The molecule has 0 bridgehead atoms. The Kier molecular flexibility index (Phi) is 4.57. The van der Waals surface area contributed by atoms with E-state index >= 15 is 0 Å². The van der Waals surface area contributed by atoms with E-state index in [9.17, 15) is 18.3 Å². The molecule has 0 fully saturated rings. The summed E-state index contributed by atoms with van der Waals surface area (Å²) in [6, 6.07) is 7.19. The third-order valence-electron chi connectivity index (χ3n) is 2.48. The van der Waals surface area contributed by atoms with Crippen molar-refractivity contribution in [1.82, 2.24) is 4.98 Å². The number of nitrogens with zero attached hydrogens (tertiary/aromatic N) is 1. The number of rotatable bonds is 3. The third-order valence-corrected chi connectivity index (χ3v) is 3.76. The molecule has 1 heterocycles. The minimum Gasteiger partial charge on any atom is -0.392 e. The summed E-state index contributed by atoms with van der Waals surface area (Å²) in [7, 11) is 0. The summed E-state index contributed by atoms with van der Waals surface area (Å²) in [6.07, 6.45) is -3.62. The lowest BCUT2D eigenvalue weighted by Gasteiger charge is -2.09. The maximum Gasteiger partial charge on any atom is 0.417 e. The monoisotopic (exact) mass is 319 g/mol. The topological polar surface area (TPSA) is 33.1 Å². The Morgan fingerprint density at radius 2 is 1.95 bits per heavy atom. The first-order chi connectivity index (χ1) is 9.40. The molecule has 106 valence electrons. The van der Waals surface area contributed by atoms with Crippen LogP contribution >= 0.6 is 23.4 Å². The molecular formula is C13H9ClF3NOS. The van der Waals surface area contributed by atoms with Crippen molar-refractivity contribution in [2.75, 3.05) is 0 Å². The highest BCUT2D eigenvalue weighted by atomic mass is 35.5. The molecule has 0 aliphatic rings. The van der Waals surface area contributed by atoms with Gasteiger partial charge in [-0.15, -0.1) is 0 Å². The van der Waals surface area contributed by atoms with E-state index in [-0.39, 0.29) is 6.61 Å². The van der Waals surface area contributed by atoms with Crippen LogP contribution in [0.1, 0.15) is 11.1 Å². The number of aliphatic hydroxyl groups excluding tert-OH is 1. The van der Waals surface area contributed by atoms with Crippen LogP contribution in [0.2, 0.25) is 5.02 Å². The van der Waals surface area contributed by atoms with Crippen LogP contribution in [-0.4, -0.2) is 10.1 Å². The van der Waals surface area contributed by atoms with E-state index in [1.165, 1.54) is 6.07 Å². The first-order valence-corrected chi connectivity index (χ1v) is 6.70. The molecular weight excluding hydrogens is 311 g/mol. The number of halogens is 4. The van der Waals surface area contributed by atoms with Crippen LogP contribution in [0.15, 0.2) is 46.5 Å². The summed E-state index contributed by atoms with van der Waals surface area (Å²) in [4.78, 5) is 4.42. The van der Waals surface area contributed by atoms with Gasteiger partial charge in [0.15, 0.2) is 0 Å². The van der Waals surface area contributed by atoms with E-state index in [0.717, 1.165) is 24.0 Å². The van der Waals surface area contributed by atoms with E-state index < -0.39 is 11.7 Å². The summed E-state index contributed by atoms with van der Waals surface area (Å²) in [5.74, 6) is 0. The quantitative estimate of drug-likeness (QED) is 0.910. The van der Waals surface area contributed by atoms with Crippen LogP contribution in [-0.2, 0) is 12.8 Å². The lowest BCUT2D eigenvalue weighted by Crippen LogP contribution is -2.05. The minimum atomic E-state index is -4.40. The Bertz CT molecular complexity index is 602. The number of aliphatic hydroxyl groups is 1. The SMILES string of the molecule is OCc1ccc(Cl)cc1Sc1ccc(C(F)(F)F)cn1. The first kappa shape index (κ1) is 15.2. The number of alkyl halides is 3. The highest BCUT2D eigenvalue weighted by Crippen LogP contribution is 2.33. The Labute approximate surface area is 122 Å². The molecule has 7 heteroatoms. The molecule has 0 saturated heterocycles. The first-order valence-electron chi connectivity index (χ1n) is 5.50. The molecule has 1 N–H and O–H groups in total. The fraction of sp³-hybridized carbons (Fsp3) is 0.154. The van der Waals surface area contributed by atoms with Gasteiger partial charge in [0.2, 0.25) is 0 Å². The van der Waals surface area contributed by atoms with Crippen molar-refractivity contribution >= 4 is 23.4 Å². The second-order valence-electron chi connectivity index (χ2n) is 3.90. The fourth-order valence-corrected chi connectivity index (χ4v) is 2.63. The van der Waals surface area contributed by atoms with Gasteiger partial charge in [0, 0.05) is 16.1 Å². The predicted molar refractivity (Wildman–Crippen MR) is 70.7 cm³/mol. The Hall–Kier alpha value is -1.24. The number of hydrogen-bond acceptors (Lipinski definition) is 3. The van der Waals surface area contributed by atoms with Crippen molar-refractivity contribution in [3.63, 3.8) is 0 Å². The fourth-order valence-electron chi connectivity index (χ4n) is 1.48. The number of aromatic nitrogens is 1. The summed E-state index contributed by atoms with van der Waals surface area (Å²) >= 11 is 7.01. The number of hydrogen-bond donors (Lipinski definition) is 1. The van der Waals surface area contributed by atoms with Crippen LogP contribution in [0.5, 0.6) is 0 Å². The summed E-state index contributed by atoms with van der Waals surface area (Å²) in [5, 5.41) is 10.1. The second kappa shape index (κ2) is 6.03. The molecule has 0 radical (unpaired) electrons. The average Bonchev–Trinajstić information content (AvgIpc) is 2.38. The maximum atomic E-state index is 12.4. The normalized spacial score (nSPS) is 11.7. The number of pyridine rings is 1. The molecule has 0 aliphatic heterocycles. The van der Waals surface area contributed by atoms with Gasteiger partial charge in [-0.05, 0) is 29.8 Å². The predicted octanol–water partition coefficient (Wildman–Crippen LogP) is 4.40. The van der Waals surface area contributed by atoms with Crippen molar-refractivity contribution in [2.24, 2.45) is 0 Å². The van der Waals surface area contributed by atoms with Crippen molar-refractivity contribution in [3.8, 4) is 0 Å². The molecule has 0 spiro atoms. The van der Waals surface area contributed by atoms with E-state index in [0.29, 0.717) is 20.5 Å². The number of benzene rings is 1. The molecule has 0 atom stereocenters. The zero-order chi connectivity index (χ0) is 14.8. The molecule has 2 aromatic rings. The molecule has 20 heavy (non-hydrogen) atoms. The highest BCUT2D eigenvalue weighted by Gasteiger charge is 2.30. The van der Waals surface area contributed by atoms with Crippen LogP contribution in [0, 0.1) is 0 Å². The van der Waals surface area contributed by atoms with Crippen molar-refractivity contribution in [1.29, 1.82) is 0 Å². The third kappa shape index (κ3) is 3.65. The molecule has 0 aliphatic carbocycles. The van der Waals surface area contributed by atoms with Gasteiger partial charge in [0.1, 0.15) is 5.03 Å². The lowest BCUT2D eigenvalue weighted by molar-refractivity contribution is -0.137. The highest BCUT2D eigenvalue weighted by molar-refractivity contribution is 7.99. The minimum absolute atomic E-state index is 0.180. The standard InChI is InChI=1S/C13H9ClF3NOS/c14-10-3-1-8(7-19)11(5-10)20-12-4-2-9(6-18-12)13(15,16)17/h1-6,19H,7H2. The largest absolute Gasteiger partial charge is 0.417 e. The molecule has 2 nitrogen and oxygen atoms in total. The van der Waals surface area contributed by atoms with E-state index in [2.05, 4.69) is 4.98 Å². The van der Waals surface area contributed by atoms with Gasteiger partial charge in [0.05, 0.1) is 12.2 Å². The second-order valence-corrected chi connectivity index (χ2v) is 5.39. The lowest BCUT2D eigenvalue weighted by atomic mass is 10.2.